The van der Waals surface area contributed by atoms with Crippen LogP contribution in [0.5, 0.6) is 0 Å². The third-order valence-corrected chi connectivity index (χ3v) is 2.31. The summed E-state index contributed by atoms with van der Waals surface area (Å²) in [5, 5.41) is 8.62. The van der Waals surface area contributed by atoms with Crippen molar-refractivity contribution in [2.75, 3.05) is 6.54 Å². The van der Waals surface area contributed by atoms with E-state index in [9.17, 15) is 9.59 Å². The maximum Gasteiger partial charge on any atom is 0.306 e. The highest BCUT2D eigenvalue weighted by Crippen LogP contribution is 2.07. The minimum Gasteiger partial charge on any atom is -0.481 e. The average Bonchev–Trinajstić information content (AvgIpc) is 2.17. The van der Waals surface area contributed by atoms with Gasteiger partial charge in [-0.1, -0.05) is 13.3 Å². The molecular formula is C10H20N2O3. The lowest BCUT2D eigenvalue weighted by Crippen LogP contribution is -2.32. The molecule has 0 heterocycles. The van der Waals surface area contributed by atoms with Crippen molar-refractivity contribution >= 4 is 11.8 Å². The number of aliphatic carboxylic acids is 1. The van der Waals surface area contributed by atoms with Gasteiger partial charge in [0.05, 0.1) is 12.0 Å². The molecule has 0 aliphatic rings. The molecule has 5 heteroatoms. The summed E-state index contributed by atoms with van der Waals surface area (Å²) in [4.78, 5) is 21.9. The lowest BCUT2D eigenvalue weighted by molar-refractivity contribution is -0.143. The van der Waals surface area contributed by atoms with Crippen LogP contribution in [-0.4, -0.2) is 29.4 Å². The van der Waals surface area contributed by atoms with Crippen LogP contribution in [0.1, 0.15) is 32.6 Å². The molecule has 0 saturated carbocycles. The normalized spacial score (nSPS) is 14.6. The number of carboxylic acid groups (broad SMARTS) is 1. The summed E-state index contributed by atoms with van der Waals surface area (Å²) >= 11 is 0. The molecule has 5 N–H and O–H groups in total. The van der Waals surface area contributed by atoms with Gasteiger partial charge in [-0.15, -0.1) is 0 Å². The van der Waals surface area contributed by atoms with E-state index in [0.717, 1.165) is 12.8 Å². The van der Waals surface area contributed by atoms with Crippen molar-refractivity contribution < 1.29 is 14.7 Å². The summed E-state index contributed by atoms with van der Waals surface area (Å²) in [6, 6.07) is -0.543. The molecule has 15 heavy (non-hydrogen) atoms. The van der Waals surface area contributed by atoms with Gasteiger partial charge in [0.1, 0.15) is 5.78 Å². The van der Waals surface area contributed by atoms with Crippen LogP contribution in [0, 0.1) is 5.92 Å². The largest absolute Gasteiger partial charge is 0.481 e. The van der Waals surface area contributed by atoms with Gasteiger partial charge in [-0.25, -0.2) is 0 Å². The first kappa shape index (κ1) is 14.1. The summed E-state index contributed by atoms with van der Waals surface area (Å²) in [5.74, 6) is -1.79. The van der Waals surface area contributed by atoms with Gasteiger partial charge in [0.25, 0.3) is 0 Å². The van der Waals surface area contributed by atoms with E-state index in [4.69, 9.17) is 16.6 Å². The Morgan fingerprint density at radius 3 is 2.40 bits per heavy atom. The molecule has 0 aliphatic heterocycles. The van der Waals surface area contributed by atoms with Gasteiger partial charge >= 0.3 is 5.97 Å². The number of hydrogen-bond acceptors (Lipinski definition) is 4. The minimum atomic E-state index is -0.961. The average molecular weight is 216 g/mol. The highest BCUT2D eigenvalue weighted by Gasteiger charge is 2.20. The van der Waals surface area contributed by atoms with Crippen molar-refractivity contribution in [3.05, 3.63) is 0 Å². The first-order valence-electron chi connectivity index (χ1n) is 5.20. The molecular weight excluding hydrogens is 196 g/mol. The van der Waals surface area contributed by atoms with Crippen molar-refractivity contribution in [3.63, 3.8) is 0 Å². The zero-order chi connectivity index (χ0) is 11.8. The predicted molar refractivity (Wildman–Crippen MR) is 57.3 cm³/mol. The third-order valence-electron chi connectivity index (χ3n) is 2.31. The highest BCUT2D eigenvalue weighted by atomic mass is 16.4. The van der Waals surface area contributed by atoms with Crippen LogP contribution in [-0.2, 0) is 9.59 Å². The van der Waals surface area contributed by atoms with Crippen molar-refractivity contribution in [1.29, 1.82) is 0 Å². The van der Waals surface area contributed by atoms with Crippen LogP contribution in [0.25, 0.3) is 0 Å². The zero-order valence-electron chi connectivity index (χ0n) is 9.11. The van der Waals surface area contributed by atoms with Crippen molar-refractivity contribution in [3.8, 4) is 0 Å². The number of carboxylic acids is 1. The van der Waals surface area contributed by atoms with Gasteiger partial charge in [0, 0.05) is 6.42 Å². The number of carbonyl (C=O) groups is 2. The topological polar surface area (TPSA) is 106 Å². The smallest absolute Gasteiger partial charge is 0.306 e. The highest BCUT2D eigenvalue weighted by molar-refractivity contribution is 5.87. The zero-order valence-corrected chi connectivity index (χ0v) is 9.11. The Bertz CT molecular complexity index is 219. The van der Waals surface area contributed by atoms with Crippen LogP contribution in [0.15, 0.2) is 0 Å². The monoisotopic (exact) mass is 216 g/mol. The number of Topliss-reactive ketones (excluding diaryl/α,β-unsaturated/α-hetero) is 1. The Kier molecular flexibility index (Phi) is 6.90. The van der Waals surface area contributed by atoms with E-state index in [0.29, 0.717) is 13.0 Å². The van der Waals surface area contributed by atoms with E-state index in [1.165, 1.54) is 6.92 Å². The van der Waals surface area contributed by atoms with Gasteiger partial charge < -0.3 is 16.6 Å². The summed E-state index contributed by atoms with van der Waals surface area (Å²) in [6.45, 7) is 2.10. The van der Waals surface area contributed by atoms with E-state index in [1.807, 2.05) is 0 Å². The Balaban J connectivity index is 3.83. The van der Waals surface area contributed by atoms with Crippen LogP contribution >= 0.6 is 0 Å². The van der Waals surface area contributed by atoms with Gasteiger partial charge in [-0.2, -0.15) is 0 Å². The molecule has 0 aromatic heterocycles. The van der Waals surface area contributed by atoms with Crippen LogP contribution in [0.4, 0.5) is 0 Å². The fourth-order valence-corrected chi connectivity index (χ4v) is 1.21. The number of nitrogens with two attached hydrogens (primary N) is 2. The minimum absolute atomic E-state index is 0.0130. The maximum absolute atomic E-state index is 11.4. The third kappa shape index (κ3) is 6.19. The first-order chi connectivity index (χ1) is 6.99. The fraction of sp³-hybridized carbons (Fsp3) is 0.800. The van der Waals surface area contributed by atoms with E-state index in [1.54, 1.807) is 0 Å². The maximum atomic E-state index is 11.4. The van der Waals surface area contributed by atoms with Crippen molar-refractivity contribution in [2.45, 2.75) is 38.6 Å². The quantitative estimate of drug-likeness (QED) is 0.500. The molecule has 0 amide bonds. The van der Waals surface area contributed by atoms with E-state index >= 15 is 0 Å². The SMILES string of the molecule is CC(CC(=O)[C@@H](N)CCCCN)C(=O)O. The molecule has 0 aliphatic carbocycles. The molecule has 0 radical (unpaired) electrons. The molecule has 88 valence electrons. The molecule has 0 spiro atoms. The first-order valence-corrected chi connectivity index (χ1v) is 5.20. The molecule has 0 rings (SSSR count). The lowest BCUT2D eigenvalue weighted by atomic mass is 9.97. The molecule has 0 fully saturated rings. The van der Waals surface area contributed by atoms with Gasteiger partial charge in [0.15, 0.2) is 0 Å². The van der Waals surface area contributed by atoms with Crippen molar-refractivity contribution in [2.24, 2.45) is 17.4 Å². The van der Waals surface area contributed by atoms with Gasteiger partial charge in [0.2, 0.25) is 0 Å². The number of carbonyl (C=O) groups excluding carboxylic acids is 1. The summed E-state index contributed by atoms with van der Waals surface area (Å²) in [6.07, 6.45) is 2.25. The molecule has 0 saturated heterocycles. The Hall–Kier alpha value is -0.940. The van der Waals surface area contributed by atoms with E-state index in [2.05, 4.69) is 0 Å². The van der Waals surface area contributed by atoms with Crippen LogP contribution in [0.3, 0.4) is 0 Å². The predicted octanol–water partition coefficient (Wildman–Crippen LogP) is 0.123. The second-order valence-electron chi connectivity index (χ2n) is 3.80. The van der Waals surface area contributed by atoms with E-state index in [-0.39, 0.29) is 12.2 Å². The molecule has 0 bridgehead atoms. The number of ketones is 1. The molecule has 1 unspecified atom stereocenters. The van der Waals surface area contributed by atoms with Crippen LogP contribution in [0.2, 0.25) is 0 Å². The second kappa shape index (κ2) is 7.36. The molecule has 2 atom stereocenters. The molecule has 5 nitrogen and oxygen atoms in total. The van der Waals surface area contributed by atoms with Crippen molar-refractivity contribution in [1.82, 2.24) is 0 Å². The molecule has 0 aromatic rings. The second-order valence-corrected chi connectivity index (χ2v) is 3.80. The van der Waals surface area contributed by atoms with Crippen LogP contribution < -0.4 is 11.5 Å². The lowest BCUT2D eigenvalue weighted by Gasteiger charge is -2.11. The van der Waals surface area contributed by atoms with E-state index < -0.39 is 17.9 Å². The summed E-state index contributed by atoms with van der Waals surface area (Å²) < 4.78 is 0. The summed E-state index contributed by atoms with van der Waals surface area (Å²) in [5.41, 5.74) is 10.9. The number of unbranched alkanes of at least 4 members (excludes halogenated alkanes) is 1. The Labute approximate surface area is 89.8 Å². The summed E-state index contributed by atoms with van der Waals surface area (Å²) in [7, 11) is 0. The number of hydrogen-bond donors (Lipinski definition) is 3. The Morgan fingerprint density at radius 2 is 1.93 bits per heavy atom. The number of rotatable bonds is 8. The van der Waals surface area contributed by atoms with Gasteiger partial charge in [-0.3, -0.25) is 9.59 Å². The standard InChI is InChI=1S/C10H20N2O3/c1-7(10(14)15)6-9(13)8(12)4-2-3-5-11/h7-8H,2-6,11-12H2,1H3,(H,14,15)/t7?,8-/m0/s1. The fourth-order valence-electron chi connectivity index (χ4n) is 1.21. The van der Waals surface area contributed by atoms with Gasteiger partial charge in [-0.05, 0) is 19.4 Å². The Morgan fingerprint density at radius 1 is 1.33 bits per heavy atom. The molecule has 0 aromatic carbocycles.